The molecule has 0 atom stereocenters. The van der Waals surface area contributed by atoms with Gasteiger partial charge in [0.05, 0.1) is 17.1 Å². The number of ketones is 1. The predicted molar refractivity (Wildman–Crippen MR) is 101 cm³/mol. The van der Waals surface area contributed by atoms with Crippen LogP contribution in [-0.4, -0.2) is 16.7 Å². The Labute approximate surface area is 154 Å². The van der Waals surface area contributed by atoms with Gasteiger partial charge in [0.1, 0.15) is 5.01 Å². The maximum Gasteiger partial charge on any atom is 0.230 e. The number of Topliss-reactive ketones (excluding diaryl/α,β-unsaturated/α-hetero) is 1. The minimum absolute atomic E-state index is 0.00699. The molecule has 0 unspecified atom stereocenters. The zero-order valence-corrected chi connectivity index (χ0v) is 15.0. The van der Waals surface area contributed by atoms with Gasteiger partial charge in [-0.1, -0.05) is 29.8 Å². The van der Waals surface area contributed by atoms with Crippen LogP contribution >= 0.6 is 22.9 Å². The van der Waals surface area contributed by atoms with Crippen LogP contribution < -0.4 is 5.32 Å². The summed E-state index contributed by atoms with van der Waals surface area (Å²) in [5.74, 6) is -0.168. The van der Waals surface area contributed by atoms with Crippen LogP contribution in [0.15, 0.2) is 53.9 Å². The highest BCUT2D eigenvalue weighted by Gasteiger charge is 2.11. The summed E-state index contributed by atoms with van der Waals surface area (Å²) in [5, 5.41) is 6.09. The van der Waals surface area contributed by atoms with Gasteiger partial charge in [-0.25, -0.2) is 4.98 Å². The number of thiazole rings is 1. The lowest BCUT2D eigenvalue weighted by Crippen LogP contribution is -2.14. The summed E-state index contributed by atoms with van der Waals surface area (Å²) >= 11 is 7.64. The summed E-state index contributed by atoms with van der Waals surface area (Å²) < 4.78 is 0. The van der Waals surface area contributed by atoms with E-state index in [1.807, 2.05) is 29.6 Å². The van der Waals surface area contributed by atoms with Crippen LogP contribution in [0.3, 0.4) is 0 Å². The fourth-order valence-electron chi connectivity index (χ4n) is 2.30. The summed E-state index contributed by atoms with van der Waals surface area (Å²) in [5.41, 5.74) is 2.82. The number of amides is 1. The Hall–Kier alpha value is -2.50. The molecule has 0 radical (unpaired) electrons. The lowest BCUT2D eigenvalue weighted by Gasteiger charge is -2.04. The summed E-state index contributed by atoms with van der Waals surface area (Å²) in [4.78, 5) is 27.9. The number of hydrogen-bond acceptors (Lipinski definition) is 4. The minimum atomic E-state index is -0.161. The van der Waals surface area contributed by atoms with Crippen molar-refractivity contribution in [1.82, 2.24) is 4.98 Å². The molecular weight excluding hydrogens is 356 g/mol. The maximum atomic E-state index is 12.2. The zero-order chi connectivity index (χ0) is 17.8. The topological polar surface area (TPSA) is 59.1 Å². The Bertz CT molecular complexity index is 919. The Kier molecular flexibility index (Phi) is 5.26. The average Bonchev–Trinajstić information content (AvgIpc) is 3.03. The number of hydrogen-bond donors (Lipinski definition) is 1. The number of anilines is 1. The molecule has 1 N–H and O–H groups in total. The third-order valence-electron chi connectivity index (χ3n) is 3.57. The molecule has 0 fully saturated rings. The molecule has 0 saturated carbocycles. The molecule has 0 saturated heterocycles. The molecule has 0 bridgehead atoms. The predicted octanol–water partition coefficient (Wildman–Crippen LogP) is 4.85. The second-order valence-electron chi connectivity index (χ2n) is 5.48. The van der Waals surface area contributed by atoms with E-state index in [0.29, 0.717) is 22.0 Å². The molecule has 4 nitrogen and oxygen atoms in total. The Morgan fingerprint density at radius 3 is 2.52 bits per heavy atom. The van der Waals surface area contributed by atoms with E-state index < -0.39 is 0 Å². The fourth-order valence-corrected chi connectivity index (χ4v) is 3.44. The van der Waals surface area contributed by atoms with Gasteiger partial charge < -0.3 is 5.32 Å². The van der Waals surface area contributed by atoms with E-state index in [1.165, 1.54) is 18.3 Å². The first-order chi connectivity index (χ1) is 12.0. The van der Waals surface area contributed by atoms with Crippen LogP contribution in [0.2, 0.25) is 5.02 Å². The molecule has 0 aliphatic carbocycles. The van der Waals surface area contributed by atoms with E-state index in [0.717, 1.165) is 10.6 Å². The lowest BCUT2D eigenvalue weighted by molar-refractivity contribution is -0.115. The number of carbonyl (C=O) groups is 2. The zero-order valence-electron chi connectivity index (χ0n) is 13.5. The van der Waals surface area contributed by atoms with E-state index in [-0.39, 0.29) is 18.1 Å². The molecule has 0 aliphatic rings. The first-order valence-corrected chi connectivity index (χ1v) is 8.89. The molecule has 126 valence electrons. The van der Waals surface area contributed by atoms with Gasteiger partial charge in [0.25, 0.3) is 0 Å². The number of benzene rings is 2. The van der Waals surface area contributed by atoms with Crippen molar-refractivity contribution in [3.05, 3.63) is 70.2 Å². The van der Waals surface area contributed by atoms with E-state index in [1.54, 1.807) is 24.3 Å². The summed E-state index contributed by atoms with van der Waals surface area (Å²) in [7, 11) is 0. The monoisotopic (exact) mass is 370 g/mol. The summed E-state index contributed by atoms with van der Waals surface area (Å²) in [6, 6.07) is 14.3. The van der Waals surface area contributed by atoms with Gasteiger partial charge in [-0.15, -0.1) is 11.3 Å². The minimum Gasteiger partial charge on any atom is -0.326 e. The van der Waals surface area contributed by atoms with E-state index in [2.05, 4.69) is 10.3 Å². The van der Waals surface area contributed by atoms with Gasteiger partial charge in [0.2, 0.25) is 5.91 Å². The first-order valence-electron chi connectivity index (χ1n) is 7.63. The van der Waals surface area contributed by atoms with Crippen molar-refractivity contribution < 1.29 is 9.59 Å². The van der Waals surface area contributed by atoms with Crippen LogP contribution in [0.25, 0.3) is 10.6 Å². The third-order valence-corrected chi connectivity index (χ3v) is 4.83. The largest absolute Gasteiger partial charge is 0.326 e. The molecule has 1 amide bonds. The lowest BCUT2D eigenvalue weighted by atomic mass is 10.1. The third kappa shape index (κ3) is 4.32. The molecule has 6 heteroatoms. The second-order valence-corrected chi connectivity index (χ2v) is 6.75. The van der Waals surface area contributed by atoms with E-state index in [9.17, 15) is 9.59 Å². The standard InChI is InChI=1S/C19H15ClN2O2S/c1-12(23)13-6-8-14(9-7-13)21-18(24)10-15-11-25-19(22-15)16-4-2-3-5-17(16)20/h2-9,11H,10H2,1H3,(H,21,24). The number of rotatable bonds is 5. The quantitative estimate of drug-likeness (QED) is 0.653. The molecule has 25 heavy (non-hydrogen) atoms. The number of carbonyl (C=O) groups excluding carboxylic acids is 2. The number of halogens is 1. The molecular formula is C19H15ClN2O2S. The normalized spacial score (nSPS) is 10.5. The van der Waals surface area contributed by atoms with Crippen LogP contribution in [0, 0.1) is 0 Å². The molecule has 3 aromatic rings. The first kappa shape index (κ1) is 17.3. The summed E-state index contributed by atoms with van der Waals surface area (Å²) in [6.07, 6.45) is 0.176. The Morgan fingerprint density at radius 2 is 1.84 bits per heavy atom. The van der Waals surface area contributed by atoms with Crippen molar-refractivity contribution in [3.8, 4) is 10.6 Å². The second kappa shape index (κ2) is 7.59. The van der Waals surface area contributed by atoms with Crippen LogP contribution in [0.4, 0.5) is 5.69 Å². The molecule has 0 spiro atoms. The fraction of sp³-hybridized carbons (Fsp3) is 0.105. The van der Waals surface area contributed by atoms with Crippen LogP contribution in [0.1, 0.15) is 23.0 Å². The average molecular weight is 371 g/mol. The van der Waals surface area contributed by atoms with Gasteiger partial charge in [0.15, 0.2) is 5.78 Å². The van der Waals surface area contributed by atoms with Gasteiger partial charge in [-0.2, -0.15) is 0 Å². The molecule has 0 aliphatic heterocycles. The Balaban J connectivity index is 1.66. The number of nitrogens with one attached hydrogen (secondary N) is 1. The van der Waals surface area contributed by atoms with E-state index in [4.69, 9.17) is 11.6 Å². The highest BCUT2D eigenvalue weighted by Crippen LogP contribution is 2.30. The van der Waals surface area contributed by atoms with Crippen molar-refractivity contribution in [2.75, 3.05) is 5.32 Å². The van der Waals surface area contributed by atoms with Gasteiger partial charge in [0, 0.05) is 22.2 Å². The van der Waals surface area contributed by atoms with Crippen molar-refractivity contribution in [3.63, 3.8) is 0 Å². The highest BCUT2D eigenvalue weighted by molar-refractivity contribution is 7.13. The van der Waals surface area contributed by atoms with Gasteiger partial charge in [-0.05, 0) is 37.3 Å². The summed E-state index contributed by atoms with van der Waals surface area (Å²) in [6.45, 7) is 1.51. The van der Waals surface area contributed by atoms with Crippen molar-refractivity contribution in [2.24, 2.45) is 0 Å². The van der Waals surface area contributed by atoms with E-state index >= 15 is 0 Å². The van der Waals surface area contributed by atoms with Gasteiger partial charge in [-0.3, -0.25) is 9.59 Å². The molecule has 2 aromatic carbocycles. The van der Waals surface area contributed by atoms with Crippen LogP contribution in [-0.2, 0) is 11.2 Å². The number of aromatic nitrogens is 1. The number of nitrogens with zero attached hydrogens (tertiary/aromatic N) is 1. The molecule has 1 heterocycles. The van der Waals surface area contributed by atoms with Crippen LogP contribution in [0.5, 0.6) is 0 Å². The maximum absolute atomic E-state index is 12.2. The molecule has 3 rings (SSSR count). The Morgan fingerprint density at radius 1 is 1.12 bits per heavy atom. The van der Waals surface area contributed by atoms with Crippen molar-refractivity contribution >= 4 is 40.3 Å². The molecule has 1 aromatic heterocycles. The highest BCUT2D eigenvalue weighted by atomic mass is 35.5. The SMILES string of the molecule is CC(=O)c1ccc(NC(=O)Cc2csc(-c3ccccc3Cl)n2)cc1. The smallest absolute Gasteiger partial charge is 0.230 e. The van der Waals surface area contributed by atoms with Crippen molar-refractivity contribution in [2.45, 2.75) is 13.3 Å². The van der Waals surface area contributed by atoms with Gasteiger partial charge >= 0.3 is 0 Å². The van der Waals surface area contributed by atoms with Crippen molar-refractivity contribution in [1.29, 1.82) is 0 Å².